The van der Waals surface area contributed by atoms with E-state index in [1.165, 1.54) is 38.1 Å². The van der Waals surface area contributed by atoms with E-state index in [1.54, 1.807) is 0 Å². The molecule has 13 heavy (non-hydrogen) atoms. The van der Waals surface area contributed by atoms with Crippen molar-refractivity contribution >= 4 is 11.8 Å². The molecule has 0 aromatic rings. The smallest absolute Gasteiger partial charge is 0.0175 e. The van der Waals surface area contributed by atoms with Crippen molar-refractivity contribution in [1.29, 1.82) is 0 Å². The summed E-state index contributed by atoms with van der Waals surface area (Å²) in [5, 5.41) is 0. The lowest BCUT2D eigenvalue weighted by Crippen LogP contribution is -2.40. The Morgan fingerprint density at radius 3 is 2.62 bits per heavy atom. The number of nitrogens with zero attached hydrogens (tertiary/aromatic N) is 1. The maximum Gasteiger partial charge on any atom is 0.0175 e. The molecule has 1 aliphatic rings. The van der Waals surface area contributed by atoms with Crippen molar-refractivity contribution in [3.63, 3.8) is 0 Å². The zero-order chi connectivity index (χ0) is 9.52. The van der Waals surface area contributed by atoms with Crippen LogP contribution in [0.25, 0.3) is 0 Å². The van der Waals surface area contributed by atoms with Crippen LogP contribution >= 0.6 is 11.8 Å². The van der Waals surface area contributed by atoms with E-state index in [1.807, 2.05) is 11.8 Å². The molecule has 2 nitrogen and oxygen atoms in total. The number of rotatable bonds is 5. The summed E-state index contributed by atoms with van der Waals surface area (Å²) in [6, 6.07) is 0.394. The molecular weight excluding hydrogens is 180 g/mol. The predicted octanol–water partition coefficient (Wildman–Crippen LogP) is 1.55. The van der Waals surface area contributed by atoms with Crippen molar-refractivity contribution in [3.05, 3.63) is 0 Å². The standard InChI is InChI=1S/C10H22N2S/c1-13-8-5-10(11)9-12-6-3-2-4-7-12/h10H,2-9,11H2,1H3/t10-/m1/s1. The van der Waals surface area contributed by atoms with Gasteiger partial charge in [-0.25, -0.2) is 0 Å². The molecule has 3 heteroatoms. The Morgan fingerprint density at radius 1 is 1.31 bits per heavy atom. The zero-order valence-corrected chi connectivity index (χ0v) is 9.48. The molecule has 0 saturated carbocycles. The van der Waals surface area contributed by atoms with E-state index >= 15 is 0 Å². The highest BCUT2D eigenvalue weighted by Crippen LogP contribution is 2.09. The quantitative estimate of drug-likeness (QED) is 0.733. The third-order valence-corrected chi connectivity index (χ3v) is 3.28. The first-order chi connectivity index (χ1) is 6.33. The topological polar surface area (TPSA) is 29.3 Å². The monoisotopic (exact) mass is 202 g/mol. The molecule has 0 aliphatic carbocycles. The summed E-state index contributed by atoms with van der Waals surface area (Å²) in [6.07, 6.45) is 7.46. The van der Waals surface area contributed by atoms with E-state index in [0.29, 0.717) is 6.04 Å². The summed E-state index contributed by atoms with van der Waals surface area (Å²) in [5.41, 5.74) is 6.04. The first-order valence-corrected chi connectivity index (χ1v) is 6.69. The normalized spacial score (nSPS) is 21.7. The van der Waals surface area contributed by atoms with E-state index in [2.05, 4.69) is 11.2 Å². The van der Waals surface area contributed by atoms with Crippen LogP contribution in [0.1, 0.15) is 25.7 Å². The molecule has 1 rings (SSSR count). The number of likely N-dealkylation sites (tertiary alicyclic amines) is 1. The second-order valence-electron chi connectivity index (χ2n) is 3.90. The van der Waals surface area contributed by atoms with Crippen LogP contribution in [0.3, 0.4) is 0 Å². The molecule has 1 aliphatic heterocycles. The third-order valence-electron chi connectivity index (χ3n) is 2.63. The Morgan fingerprint density at radius 2 is 2.00 bits per heavy atom. The number of hydrogen-bond donors (Lipinski definition) is 1. The van der Waals surface area contributed by atoms with Crippen molar-refractivity contribution in [2.45, 2.75) is 31.7 Å². The Hall–Kier alpha value is 0.270. The van der Waals surface area contributed by atoms with Gasteiger partial charge in [0.25, 0.3) is 0 Å². The van der Waals surface area contributed by atoms with Crippen LogP contribution in [-0.4, -0.2) is 42.6 Å². The molecule has 78 valence electrons. The minimum Gasteiger partial charge on any atom is -0.327 e. The lowest BCUT2D eigenvalue weighted by Gasteiger charge is -2.28. The highest BCUT2D eigenvalue weighted by atomic mass is 32.2. The molecule has 0 bridgehead atoms. The number of thioether (sulfide) groups is 1. The lowest BCUT2D eigenvalue weighted by molar-refractivity contribution is 0.215. The summed E-state index contributed by atoms with van der Waals surface area (Å²) in [4.78, 5) is 2.52. The fraction of sp³-hybridized carbons (Fsp3) is 1.00. The number of piperidine rings is 1. The van der Waals surface area contributed by atoms with Gasteiger partial charge in [0, 0.05) is 12.6 Å². The van der Waals surface area contributed by atoms with E-state index in [0.717, 1.165) is 13.0 Å². The van der Waals surface area contributed by atoms with Gasteiger partial charge in [0.15, 0.2) is 0 Å². The number of hydrogen-bond acceptors (Lipinski definition) is 3. The van der Waals surface area contributed by atoms with Gasteiger partial charge in [-0.3, -0.25) is 0 Å². The minimum atomic E-state index is 0.394. The molecular formula is C10H22N2S. The van der Waals surface area contributed by atoms with Crippen molar-refractivity contribution < 1.29 is 0 Å². The Labute approximate surface area is 86.2 Å². The van der Waals surface area contributed by atoms with Crippen LogP contribution in [0.15, 0.2) is 0 Å². The van der Waals surface area contributed by atoms with Gasteiger partial charge in [0.2, 0.25) is 0 Å². The molecule has 0 aromatic carbocycles. The first-order valence-electron chi connectivity index (χ1n) is 5.30. The third kappa shape index (κ3) is 4.89. The van der Waals surface area contributed by atoms with Crippen molar-refractivity contribution in [3.8, 4) is 0 Å². The summed E-state index contributed by atoms with van der Waals surface area (Å²) in [6.45, 7) is 3.65. The maximum absolute atomic E-state index is 6.04. The maximum atomic E-state index is 6.04. The fourth-order valence-electron chi connectivity index (χ4n) is 1.83. The predicted molar refractivity (Wildman–Crippen MR) is 61.3 cm³/mol. The summed E-state index contributed by atoms with van der Waals surface area (Å²) in [7, 11) is 0. The van der Waals surface area contributed by atoms with E-state index < -0.39 is 0 Å². The van der Waals surface area contributed by atoms with E-state index in [4.69, 9.17) is 5.73 Å². The Balaban J connectivity index is 2.07. The largest absolute Gasteiger partial charge is 0.327 e. The van der Waals surface area contributed by atoms with E-state index in [-0.39, 0.29) is 0 Å². The number of nitrogens with two attached hydrogens (primary N) is 1. The molecule has 1 heterocycles. The molecule has 0 unspecified atom stereocenters. The van der Waals surface area contributed by atoms with Gasteiger partial charge >= 0.3 is 0 Å². The summed E-state index contributed by atoms with van der Waals surface area (Å²) in [5.74, 6) is 1.20. The molecule has 0 spiro atoms. The SMILES string of the molecule is CSCC[C@@H](N)CN1CCCCC1. The second kappa shape index (κ2) is 6.68. The second-order valence-corrected chi connectivity index (χ2v) is 4.89. The van der Waals surface area contributed by atoms with Gasteiger partial charge in [-0.2, -0.15) is 11.8 Å². The lowest BCUT2D eigenvalue weighted by atomic mass is 10.1. The molecule has 1 fully saturated rings. The van der Waals surface area contributed by atoms with Crippen LogP contribution < -0.4 is 5.73 Å². The van der Waals surface area contributed by atoms with Crippen LogP contribution in [0.4, 0.5) is 0 Å². The average molecular weight is 202 g/mol. The van der Waals surface area contributed by atoms with Crippen LogP contribution in [0.5, 0.6) is 0 Å². The minimum absolute atomic E-state index is 0.394. The fourth-order valence-corrected chi connectivity index (χ4v) is 2.37. The highest BCUT2D eigenvalue weighted by molar-refractivity contribution is 7.98. The van der Waals surface area contributed by atoms with Crippen LogP contribution in [0.2, 0.25) is 0 Å². The van der Waals surface area contributed by atoms with Crippen molar-refractivity contribution in [1.82, 2.24) is 4.90 Å². The first kappa shape index (κ1) is 11.3. The van der Waals surface area contributed by atoms with Gasteiger partial charge in [-0.15, -0.1) is 0 Å². The van der Waals surface area contributed by atoms with Gasteiger partial charge in [-0.1, -0.05) is 6.42 Å². The molecule has 1 atom stereocenters. The van der Waals surface area contributed by atoms with Gasteiger partial charge in [0.1, 0.15) is 0 Å². The molecule has 0 radical (unpaired) electrons. The Kier molecular flexibility index (Phi) is 5.83. The average Bonchev–Trinajstić information content (AvgIpc) is 2.16. The van der Waals surface area contributed by atoms with Gasteiger partial charge in [0.05, 0.1) is 0 Å². The molecule has 0 aromatic heterocycles. The zero-order valence-electron chi connectivity index (χ0n) is 8.67. The van der Waals surface area contributed by atoms with Crippen molar-refractivity contribution in [2.75, 3.05) is 31.6 Å². The summed E-state index contributed by atoms with van der Waals surface area (Å²) >= 11 is 1.89. The molecule has 2 N–H and O–H groups in total. The Bertz CT molecular complexity index is 124. The summed E-state index contributed by atoms with van der Waals surface area (Å²) < 4.78 is 0. The van der Waals surface area contributed by atoms with Crippen LogP contribution in [0, 0.1) is 0 Å². The van der Waals surface area contributed by atoms with Crippen LogP contribution in [-0.2, 0) is 0 Å². The highest BCUT2D eigenvalue weighted by Gasteiger charge is 2.12. The molecule has 1 saturated heterocycles. The molecule has 0 amide bonds. The van der Waals surface area contributed by atoms with Crippen molar-refractivity contribution in [2.24, 2.45) is 5.73 Å². The van der Waals surface area contributed by atoms with Gasteiger partial charge < -0.3 is 10.6 Å². The van der Waals surface area contributed by atoms with Gasteiger partial charge in [-0.05, 0) is 44.4 Å². The van der Waals surface area contributed by atoms with E-state index in [9.17, 15) is 0 Å².